The highest BCUT2D eigenvalue weighted by Gasteiger charge is 2.29. The van der Waals surface area contributed by atoms with E-state index in [1.807, 2.05) is 57.2 Å². The maximum Gasteiger partial charge on any atom is 0.410 e. The Morgan fingerprint density at radius 3 is 2.51 bits per heavy atom. The summed E-state index contributed by atoms with van der Waals surface area (Å²) in [7, 11) is 0. The number of hydrogen-bond acceptors (Lipinski definition) is 6. The second kappa shape index (κ2) is 11.0. The van der Waals surface area contributed by atoms with Crippen LogP contribution in [-0.2, 0) is 4.74 Å². The van der Waals surface area contributed by atoms with Crippen molar-refractivity contribution in [2.75, 3.05) is 18.4 Å². The molecule has 1 atom stereocenters. The molecule has 1 fully saturated rings. The number of amides is 4. The molecule has 194 valence electrons. The van der Waals surface area contributed by atoms with Gasteiger partial charge in [-0.05, 0) is 74.6 Å². The lowest BCUT2D eigenvalue weighted by atomic mass is 10.0. The number of thiophene rings is 1. The summed E-state index contributed by atoms with van der Waals surface area (Å²) in [5.74, 6) is -0.332. The molecule has 1 aliphatic heterocycles. The average molecular weight is 522 g/mol. The van der Waals surface area contributed by atoms with Gasteiger partial charge in [0.25, 0.3) is 5.91 Å². The number of anilines is 1. The van der Waals surface area contributed by atoms with Crippen LogP contribution in [0.3, 0.4) is 0 Å². The van der Waals surface area contributed by atoms with Gasteiger partial charge in [0.05, 0.1) is 5.69 Å². The lowest BCUT2D eigenvalue weighted by Gasteiger charge is -2.34. The van der Waals surface area contributed by atoms with E-state index in [0.717, 1.165) is 34.4 Å². The molecule has 37 heavy (non-hydrogen) atoms. The number of aromatic nitrogens is 1. The third kappa shape index (κ3) is 6.85. The first-order chi connectivity index (χ1) is 17.6. The molecule has 0 unspecified atom stereocenters. The van der Waals surface area contributed by atoms with E-state index in [4.69, 9.17) is 10.5 Å². The van der Waals surface area contributed by atoms with Crippen LogP contribution in [-0.4, -0.2) is 52.6 Å². The van der Waals surface area contributed by atoms with Gasteiger partial charge in [-0.1, -0.05) is 18.2 Å². The molecule has 4 amide bonds. The highest BCUT2D eigenvalue weighted by Crippen LogP contribution is 2.36. The molecule has 1 saturated heterocycles. The van der Waals surface area contributed by atoms with Crippen LogP contribution in [0.25, 0.3) is 21.6 Å². The molecule has 0 aliphatic carbocycles. The van der Waals surface area contributed by atoms with Gasteiger partial charge in [-0.15, -0.1) is 11.3 Å². The molecule has 4 N–H and O–H groups in total. The van der Waals surface area contributed by atoms with Crippen molar-refractivity contribution in [3.05, 3.63) is 59.7 Å². The van der Waals surface area contributed by atoms with Crippen molar-refractivity contribution < 1.29 is 19.1 Å². The molecule has 9 nitrogen and oxygen atoms in total. The van der Waals surface area contributed by atoms with Crippen molar-refractivity contribution in [3.63, 3.8) is 0 Å². The maximum absolute atomic E-state index is 13.3. The number of nitrogens with two attached hydrogens (primary N) is 1. The number of nitrogens with one attached hydrogen (secondary N) is 2. The number of hydrogen-bond donors (Lipinski definition) is 3. The van der Waals surface area contributed by atoms with Gasteiger partial charge in [-0.25, -0.2) is 9.59 Å². The zero-order chi connectivity index (χ0) is 26.6. The predicted octanol–water partition coefficient (Wildman–Crippen LogP) is 5.10. The van der Waals surface area contributed by atoms with Gasteiger partial charge in [-0.2, -0.15) is 0 Å². The molecular weight excluding hydrogens is 490 g/mol. The Hall–Kier alpha value is -3.92. The summed E-state index contributed by atoms with van der Waals surface area (Å²) >= 11 is 1.27. The molecule has 0 bridgehead atoms. The lowest BCUT2D eigenvalue weighted by molar-refractivity contribution is 0.0185. The Kier molecular flexibility index (Phi) is 7.77. The van der Waals surface area contributed by atoms with Crippen LogP contribution in [0.5, 0.6) is 0 Å². The zero-order valence-electron chi connectivity index (χ0n) is 21.1. The van der Waals surface area contributed by atoms with Crippen molar-refractivity contribution >= 4 is 35.1 Å². The van der Waals surface area contributed by atoms with Crippen LogP contribution in [0.15, 0.2) is 54.9 Å². The van der Waals surface area contributed by atoms with Crippen molar-refractivity contribution in [2.45, 2.75) is 45.3 Å². The van der Waals surface area contributed by atoms with Crippen molar-refractivity contribution in [3.8, 4) is 21.6 Å². The molecule has 2 aromatic heterocycles. The first-order valence-corrected chi connectivity index (χ1v) is 12.9. The average Bonchev–Trinajstić information content (AvgIpc) is 3.27. The fourth-order valence-electron chi connectivity index (χ4n) is 4.16. The second-order valence-corrected chi connectivity index (χ2v) is 11.0. The summed E-state index contributed by atoms with van der Waals surface area (Å²) in [5.41, 5.74) is 8.07. The fraction of sp³-hybridized carbons (Fsp3) is 0.333. The molecule has 1 aliphatic rings. The van der Waals surface area contributed by atoms with E-state index in [-0.39, 0.29) is 11.9 Å². The van der Waals surface area contributed by atoms with Crippen molar-refractivity contribution in [2.24, 2.45) is 5.73 Å². The minimum atomic E-state index is -0.752. The van der Waals surface area contributed by atoms with Crippen molar-refractivity contribution in [1.29, 1.82) is 0 Å². The quantitative estimate of drug-likeness (QED) is 0.431. The predicted molar refractivity (Wildman–Crippen MR) is 144 cm³/mol. The number of pyridine rings is 1. The second-order valence-electron chi connectivity index (χ2n) is 9.90. The number of rotatable bonds is 5. The fourth-order valence-corrected chi connectivity index (χ4v) is 5.18. The van der Waals surface area contributed by atoms with Crippen LogP contribution in [0, 0.1) is 0 Å². The van der Waals surface area contributed by atoms with Crippen LogP contribution in [0.4, 0.5) is 15.3 Å². The van der Waals surface area contributed by atoms with E-state index in [2.05, 4.69) is 15.6 Å². The number of nitrogens with zero attached hydrogens (tertiary/aromatic N) is 2. The zero-order valence-corrected chi connectivity index (χ0v) is 21.9. The first-order valence-electron chi connectivity index (χ1n) is 12.1. The minimum Gasteiger partial charge on any atom is -0.444 e. The molecule has 3 aromatic rings. The number of piperidine rings is 1. The van der Waals surface area contributed by atoms with Crippen LogP contribution in [0.2, 0.25) is 0 Å². The summed E-state index contributed by atoms with van der Waals surface area (Å²) in [6.07, 6.45) is 4.55. The van der Waals surface area contributed by atoms with Crippen LogP contribution in [0.1, 0.15) is 43.3 Å². The molecular formula is C27H31N5O4S. The Morgan fingerprint density at radius 1 is 1.08 bits per heavy atom. The van der Waals surface area contributed by atoms with Gasteiger partial charge in [0.1, 0.15) is 10.5 Å². The standard InChI is InChI=1S/C27H31N5O4S/c1-27(2,3)36-26(35)32-13-5-8-20(16-32)30-24(33)23-21(31-25(28)34)15-22(37-23)19-7-4-6-18(14-19)17-9-11-29-12-10-17/h4,6-7,9-12,14-15,20H,5,8,13,16H2,1-3H3,(H,30,33)(H3,28,31,34)/t20-/m0/s1. The third-order valence-corrected chi connectivity index (χ3v) is 6.95. The Morgan fingerprint density at radius 2 is 1.81 bits per heavy atom. The topological polar surface area (TPSA) is 127 Å². The number of primary amides is 1. The summed E-state index contributed by atoms with van der Waals surface area (Å²) in [4.78, 5) is 44.3. The molecule has 0 radical (unpaired) electrons. The van der Waals surface area contributed by atoms with Gasteiger partial charge >= 0.3 is 12.1 Å². The molecule has 3 heterocycles. The minimum absolute atomic E-state index is 0.240. The summed E-state index contributed by atoms with van der Waals surface area (Å²) in [6, 6.07) is 12.5. The van der Waals surface area contributed by atoms with Gasteiger partial charge < -0.3 is 26.0 Å². The van der Waals surface area contributed by atoms with Gasteiger partial charge in [0, 0.05) is 36.4 Å². The molecule has 1 aromatic carbocycles. The number of benzene rings is 1. The molecule has 4 rings (SSSR count). The number of likely N-dealkylation sites (tertiary alicyclic amines) is 1. The summed E-state index contributed by atoms with van der Waals surface area (Å²) in [5, 5.41) is 5.60. The van der Waals surface area contributed by atoms with E-state index in [0.29, 0.717) is 23.7 Å². The molecule has 0 spiro atoms. The van der Waals surface area contributed by atoms with Gasteiger partial charge in [-0.3, -0.25) is 9.78 Å². The van der Waals surface area contributed by atoms with Gasteiger partial charge in [0.15, 0.2) is 0 Å². The SMILES string of the molecule is CC(C)(C)OC(=O)N1CCC[C@H](NC(=O)c2sc(-c3cccc(-c4ccncc4)c3)cc2NC(N)=O)C1. The van der Waals surface area contributed by atoms with E-state index in [1.54, 1.807) is 23.4 Å². The van der Waals surface area contributed by atoms with Crippen molar-refractivity contribution in [1.82, 2.24) is 15.2 Å². The molecule has 0 saturated carbocycles. The van der Waals surface area contributed by atoms with E-state index >= 15 is 0 Å². The number of carbonyl (C=O) groups excluding carboxylic acids is 3. The Labute approximate surface area is 220 Å². The summed E-state index contributed by atoms with van der Waals surface area (Å²) in [6.45, 7) is 6.39. The monoisotopic (exact) mass is 521 g/mol. The van der Waals surface area contributed by atoms with E-state index in [1.165, 1.54) is 11.3 Å². The number of carbonyl (C=O) groups is 3. The summed E-state index contributed by atoms with van der Waals surface area (Å²) < 4.78 is 5.48. The van der Waals surface area contributed by atoms with Crippen LogP contribution < -0.4 is 16.4 Å². The highest BCUT2D eigenvalue weighted by molar-refractivity contribution is 7.18. The number of urea groups is 1. The van der Waals surface area contributed by atoms with E-state index < -0.39 is 17.7 Å². The lowest BCUT2D eigenvalue weighted by Crippen LogP contribution is -2.50. The largest absolute Gasteiger partial charge is 0.444 e. The normalized spacial score (nSPS) is 15.6. The number of ether oxygens (including phenoxy) is 1. The van der Waals surface area contributed by atoms with Gasteiger partial charge in [0.2, 0.25) is 0 Å². The smallest absolute Gasteiger partial charge is 0.410 e. The maximum atomic E-state index is 13.3. The molecule has 10 heteroatoms. The van der Waals surface area contributed by atoms with E-state index in [9.17, 15) is 14.4 Å². The Bertz CT molecular complexity index is 1290. The Balaban J connectivity index is 1.54. The van der Waals surface area contributed by atoms with Crippen LogP contribution >= 0.6 is 11.3 Å². The first kappa shape index (κ1) is 26.2. The highest BCUT2D eigenvalue weighted by atomic mass is 32.1. The third-order valence-electron chi connectivity index (χ3n) is 5.77.